The zero-order valence-electron chi connectivity index (χ0n) is 8.45. The van der Waals surface area contributed by atoms with Gasteiger partial charge in [0.25, 0.3) is 0 Å². The Bertz CT molecular complexity index is 102. The Hall–Kier alpha value is -0.0800. The second-order valence-electron chi connectivity index (χ2n) is 3.94. The second kappa shape index (κ2) is 6.44. The summed E-state index contributed by atoms with van der Waals surface area (Å²) in [5, 5.41) is 18.0. The maximum absolute atomic E-state index is 9.19. The summed E-state index contributed by atoms with van der Waals surface area (Å²) in [7, 11) is 0. The van der Waals surface area contributed by atoms with Crippen LogP contribution in [-0.2, 0) is 0 Å². The van der Waals surface area contributed by atoms with E-state index in [0.717, 1.165) is 19.3 Å². The van der Waals surface area contributed by atoms with Crippen LogP contribution in [0.4, 0.5) is 0 Å². The minimum atomic E-state index is -0.200. The summed E-state index contributed by atoms with van der Waals surface area (Å²) in [5.41, 5.74) is 0. The average molecular weight is 174 g/mol. The van der Waals surface area contributed by atoms with Crippen molar-refractivity contribution in [1.29, 1.82) is 0 Å². The van der Waals surface area contributed by atoms with E-state index in [1.807, 2.05) is 13.8 Å². The quantitative estimate of drug-likeness (QED) is 0.644. The summed E-state index contributed by atoms with van der Waals surface area (Å²) >= 11 is 0. The zero-order chi connectivity index (χ0) is 9.56. The summed E-state index contributed by atoms with van der Waals surface area (Å²) < 4.78 is 0. The molecule has 0 aromatic carbocycles. The minimum absolute atomic E-state index is 0.200. The lowest BCUT2D eigenvalue weighted by molar-refractivity contribution is 0.126. The Morgan fingerprint density at radius 2 is 1.67 bits per heavy atom. The molecule has 3 atom stereocenters. The van der Waals surface area contributed by atoms with Gasteiger partial charge in [0.15, 0.2) is 0 Å². The lowest BCUT2D eigenvalue weighted by Gasteiger charge is -2.15. The first kappa shape index (κ1) is 11.9. The van der Waals surface area contributed by atoms with Crippen LogP contribution in [0.15, 0.2) is 0 Å². The molecule has 0 bridgehead atoms. The smallest absolute Gasteiger partial charge is 0.0537 e. The Balaban J connectivity index is 3.30. The SMILES string of the molecule is CC(CO)CCCC(C)C(C)O. The summed E-state index contributed by atoms with van der Waals surface area (Å²) in [4.78, 5) is 0. The van der Waals surface area contributed by atoms with Gasteiger partial charge in [-0.3, -0.25) is 0 Å². The average Bonchev–Trinajstić information content (AvgIpc) is 2.03. The normalized spacial score (nSPS) is 18.8. The first-order valence-corrected chi connectivity index (χ1v) is 4.86. The summed E-state index contributed by atoms with van der Waals surface area (Å²) in [5.74, 6) is 0.794. The van der Waals surface area contributed by atoms with Crippen LogP contribution in [0.1, 0.15) is 40.0 Å². The van der Waals surface area contributed by atoms with E-state index in [-0.39, 0.29) is 12.7 Å². The van der Waals surface area contributed by atoms with Gasteiger partial charge in [-0.1, -0.05) is 20.3 Å². The standard InChI is InChI=1S/C10H22O2/c1-8(7-11)5-4-6-9(2)10(3)12/h8-12H,4-7H2,1-3H3. The maximum Gasteiger partial charge on any atom is 0.0537 e. The fourth-order valence-corrected chi connectivity index (χ4v) is 1.12. The van der Waals surface area contributed by atoms with E-state index in [0.29, 0.717) is 11.8 Å². The van der Waals surface area contributed by atoms with Crippen LogP contribution in [0.25, 0.3) is 0 Å². The highest BCUT2D eigenvalue weighted by Gasteiger charge is 2.08. The third kappa shape index (κ3) is 5.56. The van der Waals surface area contributed by atoms with Gasteiger partial charge in [0.2, 0.25) is 0 Å². The van der Waals surface area contributed by atoms with Gasteiger partial charge in [-0.2, -0.15) is 0 Å². The number of rotatable bonds is 6. The monoisotopic (exact) mass is 174 g/mol. The Labute approximate surface area is 75.6 Å². The fourth-order valence-electron chi connectivity index (χ4n) is 1.12. The van der Waals surface area contributed by atoms with Gasteiger partial charge >= 0.3 is 0 Å². The van der Waals surface area contributed by atoms with E-state index in [2.05, 4.69) is 6.92 Å². The van der Waals surface area contributed by atoms with Crippen LogP contribution < -0.4 is 0 Å². The molecule has 2 heteroatoms. The molecule has 12 heavy (non-hydrogen) atoms. The highest BCUT2D eigenvalue weighted by atomic mass is 16.3. The van der Waals surface area contributed by atoms with Crippen LogP contribution in [0.5, 0.6) is 0 Å². The van der Waals surface area contributed by atoms with Gasteiger partial charge in [-0.05, 0) is 31.6 Å². The van der Waals surface area contributed by atoms with Crippen LogP contribution >= 0.6 is 0 Å². The zero-order valence-corrected chi connectivity index (χ0v) is 8.45. The molecule has 0 saturated carbocycles. The Kier molecular flexibility index (Phi) is 6.39. The van der Waals surface area contributed by atoms with Crippen molar-refractivity contribution in [2.75, 3.05) is 6.61 Å². The molecule has 0 aliphatic carbocycles. The molecule has 0 aliphatic rings. The van der Waals surface area contributed by atoms with E-state index in [4.69, 9.17) is 5.11 Å². The number of aliphatic hydroxyl groups is 2. The molecule has 2 N–H and O–H groups in total. The van der Waals surface area contributed by atoms with Crippen molar-refractivity contribution in [3.8, 4) is 0 Å². The van der Waals surface area contributed by atoms with Crippen LogP contribution in [0.2, 0.25) is 0 Å². The molecule has 0 aliphatic heterocycles. The third-order valence-corrected chi connectivity index (χ3v) is 2.49. The highest BCUT2D eigenvalue weighted by Crippen LogP contribution is 2.14. The highest BCUT2D eigenvalue weighted by molar-refractivity contribution is 4.60. The van der Waals surface area contributed by atoms with E-state index < -0.39 is 0 Å². The van der Waals surface area contributed by atoms with Gasteiger partial charge in [0.05, 0.1) is 6.10 Å². The number of hydrogen-bond donors (Lipinski definition) is 2. The first-order chi connectivity index (χ1) is 5.57. The minimum Gasteiger partial charge on any atom is -0.396 e. The maximum atomic E-state index is 9.19. The Morgan fingerprint density at radius 3 is 2.08 bits per heavy atom. The van der Waals surface area contributed by atoms with Crippen LogP contribution in [-0.4, -0.2) is 22.9 Å². The number of aliphatic hydroxyl groups excluding tert-OH is 2. The molecular weight excluding hydrogens is 152 g/mol. The van der Waals surface area contributed by atoms with E-state index in [1.54, 1.807) is 0 Å². The van der Waals surface area contributed by atoms with Crippen molar-refractivity contribution in [1.82, 2.24) is 0 Å². The van der Waals surface area contributed by atoms with Crippen molar-refractivity contribution in [3.63, 3.8) is 0 Å². The molecule has 0 aromatic rings. The molecule has 0 spiro atoms. The van der Waals surface area contributed by atoms with E-state index in [9.17, 15) is 5.11 Å². The molecule has 0 aromatic heterocycles. The van der Waals surface area contributed by atoms with Gasteiger partial charge < -0.3 is 10.2 Å². The summed E-state index contributed by atoms with van der Waals surface area (Å²) in [6, 6.07) is 0. The van der Waals surface area contributed by atoms with E-state index in [1.165, 1.54) is 0 Å². The van der Waals surface area contributed by atoms with Gasteiger partial charge in [-0.15, -0.1) is 0 Å². The van der Waals surface area contributed by atoms with Crippen molar-refractivity contribution >= 4 is 0 Å². The predicted molar refractivity (Wildman–Crippen MR) is 50.9 cm³/mol. The molecular formula is C10H22O2. The fraction of sp³-hybridized carbons (Fsp3) is 1.00. The second-order valence-corrected chi connectivity index (χ2v) is 3.94. The van der Waals surface area contributed by atoms with Crippen molar-refractivity contribution in [2.24, 2.45) is 11.8 Å². The summed E-state index contributed by atoms with van der Waals surface area (Å²) in [6.45, 7) is 6.23. The van der Waals surface area contributed by atoms with E-state index >= 15 is 0 Å². The predicted octanol–water partition coefficient (Wildman–Crippen LogP) is 1.80. The van der Waals surface area contributed by atoms with Crippen LogP contribution in [0.3, 0.4) is 0 Å². The molecule has 0 rings (SSSR count). The van der Waals surface area contributed by atoms with Crippen molar-refractivity contribution in [2.45, 2.75) is 46.1 Å². The van der Waals surface area contributed by atoms with Gasteiger partial charge in [0.1, 0.15) is 0 Å². The van der Waals surface area contributed by atoms with Crippen molar-refractivity contribution < 1.29 is 10.2 Å². The lowest BCUT2D eigenvalue weighted by Crippen LogP contribution is -2.13. The van der Waals surface area contributed by atoms with Crippen molar-refractivity contribution in [3.05, 3.63) is 0 Å². The molecule has 0 saturated heterocycles. The first-order valence-electron chi connectivity index (χ1n) is 4.86. The molecule has 2 nitrogen and oxygen atoms in total. The molecule has 0 fully saturated rings. The largest absolute Gasteiger partial charge is 0.396 e. The van der Waals surface area contributed by atoms with Gasteiger partial charge in [0, 0.05) is 6.61 Å². The van der Waals surface area contributed by atoms with Crippen LogP contribution in [0, 0.1) is 11.8 Å². The lowest BCUT2D eigenvalue weighted by atomic mass is 9.96. The third-order valence-electron chi connectivity index (χ3n) is 2.49. The molecule has 0 radical (unpaired) electrons. The molecule has 0 amide bonds. The molecule has 74 valence electrons. The topological polar surface area (TPSA) is 40.5 Å². The molecule has 0 heterocycles. The Morgan fingerprint density at radius 1 is 1.08 bits per heavy atom. The van der Waals surface area contributed by atoms with Gasteiger partial charge in [-0.25, -0.2) is 0 Å². The molecule has 3 unspecified atom stereocenters. The summed E-state index contributed by atoms with van der Waals surface area (Å²) in [6.07, 6.45) is 3.03. The number of hydrogen-bond acceptors (Lipinski definition) is 2.